The highest BCUT2D eigenvalue weighted by atomic mass is 35.5. The van der Waals surface area contributed by atoms with E-state index in [0.717, 1.165) is 4.88 Å². The molecule has 0 saturated heterocycles. The van der Waals surface area contributed by atoms with Gasteiger partial charge in [-0.15, -0.1) is 11.3 Å². The van der Waals surface area contributed by atoms with E-state index in [1.54, 1.807) is 12.1 Å². The van der Waals surface area contributed by atoms with E-state index in [0.29, 0.717) is 21.6 Å². The first kappa shape index (κ1) is 20.1. The van der Waals surface area contributed by atoms with Gasteiger partial charge in [0.25, 0.3) is 5.91 Å². The van der Waals surface area contributed by atoms with Gasteiger partial charge in [0.1, 0.15) is 5.75 Å². The van der Waals surface area contributed by atoms with Crippen molar-refractivity contribution >= 4 is 46.4 Å². The summed E-state index contributed by atoms with van der Waals surface area (Å²) in [5, 5.41) is 11.6. The van der Waals surface area contributed by atoms with Crippen molar-refractivity contribution in [2.24, 2.45) is 0 Å². The second-order valence-electron chi connectivity index (χ2n) is 5.37. The molecule has 3 aromatic rings. The molecule has 0 bridgehead atoms. The Balaban J connectivity index is 1.36. The first-order valence-electron chi connectivity index (χ1n) is 8.03. The van der Waals surface area contributed by atoms with Crippen LogP contribution in [0.15, 0.2) is 40.2 Å². The zero-order valence-corrected chi connectivity index (χ0v) is 16.6. The van der Waals surface area contributed by atoms with Crippen LogP contribution in [-0.2, 0) is 4.79 Å². The molecule has 0 spiro atoms. The van der Waals surface area contributed by atoms with E-state index in [1.807, 2.05) is 17.5 Å². The molecule has 2 N–H and O–H groups in total. The molecule has 0 fully saturated rings. The van der Waals surface area contributed by atoms with E-state index in [9.17, 15) is 9.59 Å². The molecule has 0 aliphatic carbocycles. The third-order valence-corrected chi connectivity index (χ3v) is 4.96. The predicted octanol–water partition coefficient (Wildman–Crippen LogP) is 3.03. The number of aromatic nitrogens is 2. The van der Waals surface area contributed by atoms with Gasteiger partial charge in [0.15, 0.2) is 6.61 Å². The summed E-state index contributed by atoms with van der Waals surface area (Å²) in [5.74, 6) is -0.226. The normalized spacial score (nSPS) is 10.5. The largest absolute Gasteiger partial charge is 0.484 e. The van der Waals surface area contributed by atoms with Crippen molar-refractivity contribution in [2.75, 3.05) is 19.7 Å². The average molecular weight is 441 g/mol. The van der Waals surface area contributed by atoms with Crippen molar-refractivity contribution in [3.63, 3.8) is 0 Å². The summed E-state index contributed by atoms with van der Waals surface area (Å²) in [5.41, 5.74) is 0. The van der Waals surface area contributed by atoms with Crippen LogP contribution in [0.3, 0.4) is 0 Å². The van der Waals surface area contributed by atoms with Crippen LogP contribution in [0.5, 0.6) is 5.75 Å². The van der Waals surface area contributed by atoms with Crippen molar-refractivity contribution < 1.29 is 18.8 Å². The van der Waals surface area contributed by atoms with Crippen LogP contribution >= 0.6 is 34.5 Å². The van der Waals surface area contributed by atoms with Crippen LogP contribution in [-0.4, -0.2) is 41.7 Å². The zero-order chi connectivity index (χ0) is 19.9. The van der Waals surface area contributed by atoms with Gasteiger partial charge < -0.3 is 19.9 Å². The smallest absolute Gasteiger partial charge is 0.316 e. The second kappa shape index (κ2) is 9.54. The Hall–Kier alpha value is -2.62. The topological polar surface area (TPSA) is 106 Å². The summed E-state index contributed by atoms with van der Waals surface area (Å²) in [4.78, 5) is 28.6. The number of hydrogen-bond donors (Lipinski definition) is 2. The number of thiophene rings is 1. The number of benzene rings is 1. The summed E-state index contributed by atoms with van der Waals surface area (Å²) in [6.45, 7) is 0.203. The Kier molecular flexibility index (Phi) is 6.85. The first-order valence-corrected chi connectivity index (χ1v) is 9.67. The number of carbonyl (C=O) groups excluding carboxylic acids is 2. The molecular weight excluding hydrogens is 427 g/mol. The summed E-state index contributed by atoms with van der Waals surface area (Å²) in [6.07, 6.45) is 0. The van der Waals surface area contributed by atoms with E-state index in [-0.39, 0.29) is 31.5 Å². The molecule has 8 nitrogen and oxygen atoms in total. The lowest BCUT2D eigenvalue weighted by molar-refractivity contribution is -0.123. The summed E-state index contributed by atoms with van der Waals surface area (Å²) >= 11 is 13.1. The molecular formula is C17H14Cl2N4O4S. The van der Waals surface area contributed by atoms with Crippen molar-refractivity contribution in [1.29, 1.82) is 0 Å². The predicted molar refractivity (Wildman–Crippen MR) is 105 cm³/mol. The van der Waals surface area contributed by atoms with Crippen LogP contribution in [0.25, 0.3) is 10.7 Å². The lowest BCUT2D eigenvalue weighted by atomic mass is 10.3. The first-order chi connectivity index (χ1) is 13.5. The Bertz CT molecular complexity index is 962. The minimum absolute atomic E-state index is 0.141. The van der Waals surface area contributed by atoms with Crippen LogP contribution in [0, 0.1) is 0 Å². The van der Waals surface area contributed by atoms with E-state index >= 15 is 0 Å². The number of ether oxygens (including phenoxy) is 1. The Morgan fingerprint density at radius 2 is 1.96 bits per heavy atom. The van der Waals surface area contributed by atoms with Crippen molar-refractivity contribution in [2.45, 2.75) is 0 Å². The quantitative estimate of drug-likeness (QED) is 0.521. The number of halogens is 2. The van der Waals surface area contributed by atoms with Gasteiger partial charge in [-0.25, -0.2) is 0 Å². The highest BCUT2D eigenvalue weighted by Crippen LogP contribution is 2.26. The van der Waals surface area contributed by atoms with Crippen LogP contribution in [0.1, 0.15) is 10.7 Å². The third kappa shape index (κ3) is 5.44. The van der Waals surface area contributed by atoms with E-state index < -0.39 is 5.91 Å². The molecule has 0 atom stereocenters. The van der Waals surface area contributed by atoms with Gasteiger partial charge in [0.2, 0.25) is 5.82 Å². The van der Waals surface area contributed by atoms with Crippen molar-refractivity contribution in [3.8, 4) is 16.5 Å². The number of hydrogen-bond acceptors (Lipinski definition) is 7. The molecule has 3 rings (SSSR count). The van der Waals surface area contributed by atoms with Crippen molar-refractivity contribution in [1.82, 2.24) is 20.8 Å². The molecule has 0 aliphatic heterocycles. The summed E-state index contributed by atoms with van der Waals surface area (Å²) in [7, 11) is 0. The standard InChI is InChI=1S/C17H14Cl2N4O4S/c18-11-4-3-10(8-12(11)19)26-9-14(24)20-5-6-21-16(25)17-22-15(23-27-17)13-2-1-7-28-13/h1-4,7-8H,5-6,9H2,(H,20,24)(H,21,25). The molecule has 2 heterocycles. The maximum atomic E-state index is 12.0. The van der Waals surface area contributed by atoms with Gasteiger partial charge in [0.05, 0.1) is 14.9 Å². The second-order valence-corrected chi connectivity index (χ2v) is 7.13. The summed E-state index contributed by atoms with van der Waals surface area (Å²) in [6, 6.07) is 8.38. The zero-order valence-electron chi connectivity index (χ0n) is 14.3. The van der Waals surface area contributed by atoms with Gasteiger partial charge in [0, 0.05) is 19.2 Å². The monoisotopic (exact) mass is 440 g/mol. The van der Waals surface area contributed by atoms with Gasteiger partial charge >= 0.3 is 11.8 Å². The lowest BCUT2D eigenvalue weighted by Gasteiger charge is -2.08. The molecule has 1 aromatic carbocycles. The molecule has 0 unspecified atom stereocenters. The third-order valence-electron chi connectivity index (χ3n) is 3.36. The maximum absolute atomic E-state index is 12.0. The highest BCUT2D eigenvalue weighted by molar-refractivity contribution is 7.13. The Labute approximate surface area is 173 Å². The fourth-order valence-electron chi connectivity index (χ4n) is 2.04. The maximum Gasteiger partial charge on any atom is 0.316 e. The molecule has 28 heavy (non-hydrogen) atoms. The van der Waals surface area contributed by atoms with Crippen LogP contribution in [0.2, 0.25) is 10.0 Å². The summed E-state index contributed by atoms with van der Waals surface area (Å²) < 4.78 is 10.3. The molecule has 2 aromatic heterocycles. The molecule has 11 heteroatoms. The SMILES string of the molecule is O=C(COc1ccc(Cl)c(Cl)c1)NCCNC(=O)c1nc(-c2cccs2)no1. The Morgan fingerprint density at radius 1 is 1.14 bits per heavy atom. The average Bonchev–Trinajstić information content (AvgIpc) is 3.37. The molecule has 0 aliphatic rings. The van der Waals surface area contributed by atoms with E-state index in [4.69, 9.17) is 32.5 Å². The van der Waals surface area contributed by atoms with Gasteiger partial charge in [-0.3, -0.25) is 9.59 Å². The number of rotatable bonds is 8. The van der Waals surface area contributed by atoms with E-state index in [1.165, 1.54) is 17.4 Å². The molecule has 0 radical (unpaired) electrons. The number of nitrogens with zero attached hydrogens (tertiary/aromatic N) is 2. The highest BCUT2D eigenvalue weighted by Gasteiger charge is 2.16. The minimum Gasteiger partial charge on any atom is -0.484 e. The fourth-order valence-corrected chi connectivity index (χ4v) is 2.98. The molecule has 0 saturated carbocycles. The van der Waals surface area contributed by atoms with Crippen molar-refractivity contribution in [3.05, 3.63) is 51.6 Å². The lowest BCUT2D eigenvalue weighted by Crippen LogP contribution is -2.36. The molecule has 146 valence electrons. The van der Waals surface area contributed by atoms with Gasteiger partial charge in [-0.1, -0.05) is 34.4 Å². The Morgan fingerprint density at radius 3 is 2.71 bits per heavy atom. The fraction of sp³-hybridized carbons (Fsp3) is 0.176. The van der Waals surface area contributed by atoms with E-state index in [2.05, 4.69) is 20.8 Å². The number of nitrogens with one attached hydrogen (secondary N) is 2. The van der Waals surface area contributed by atoms with Gasteiger partial charge in [-0.2, -0.15) is 4.98 Å². The van der Waals surface area contributed by atoms with Crippen LogP contribution in [0.4, 0.5) is 0 Å². The van der Waals surface area contributed by atoms with Crippen LogP contribution < -0.4 is 15.4 Å². The van der Waals surface area contributed by atoms with Gasteiger partial charge in [-0.05, 0) is 23.6 Å². The number of amides is 2. The number of carbonyl (C=O) groups is 2. The minimum atomic E-state index is -0.517. The molecule has 2 amide bonds.